The number of nitrogens with two attached hydrogens (primary N) is 1. The molecule has 0 saturated carbocycles. The summed E-state index contributed by atoms with van der Waals surface area (Å²) in [6.45, 7) is 0. The Hall–Kier alpha value is -1.86. The molecule has 0 unspecified atom stereocenters. The Bertz CT molecular complexity index is 554. The number of aromatic nitrogens is 3. The predicted molar refractivity (Wildman–Crippen MR) is 68.7 cm³/mol. The van der Waals surface area contributed by atoms with E-state index >= 15 is 0 Å². The van der Waals surface area contributed by atoms with Gasteiger partial charge in [-0.05, 0) is 12.1 Å². The first-order valence-electron chi connectivity index (χ1n) is 5.27. The molecule has 0 spiro atoms. The van der Waals surface area contributed by atoms with E-state index in [0.29, 0.717) is 11.4 Å². The van der Waals surface area contributed by atoms with Crippen molar-refractivity contribution < 1.29 is 4.79 Å². The summed E-state index contributed by atoms with van der Waals surface area (Å²) in [7, 11) is 1.93. The Morgan fingerprint density at radius 1 is 1.56 bits per heavy atom. The maximum atomic E-state index is 11.3. The number of amides is 1. The van der Waals surface area contributed by atoms with Crippen LogP contribution in [-0.2, 0) is 12.8 Å². The number of nitrogens with one attached hydrogen (secondary N) is 1. The van der Waals surface area contributed by atoms with Crippen molar-refractivity contribution in [1.29, 1.82) is 0 Å². The van der Waals surface area contributed by atoms with Gasteiger partial charge in [-0.25, -0.2) is 15.8 Å². The number of rotatable bonds is 4. The lowest BCUT2D eigenvalue weighted by molar-refractivity contribution is 0.0948. The van der Waals surface area contributed by atoms with Gasteiger partial charge >= 0.3 is 0 Å². The molecule has 1 amide bonds. The molecular weight excluding hydrogens is 250 g/mol. The van der Waals surface area contributed by atoms with Gasteiger partial charge in [0.25, 0.3) is 5.91 Å². The van der Waals surface area contributed by atoms with Gasteiger partial charge in [0.15, 0.2) is 5.16 Å². The molecule has 0 radical (unpaired) electrons. The van der Waals surface area contributed by atoms with Crippen molar-refractivity contribution in [2.24, 2.45) is 12.9 Å². The van der Waals surface area contributed by atoms with Gasteiger partial charge in [0.1, 0.15) is 5.69 Å². The van der Waals surface area contributed by atoms with E-state index in [0.717, 1.165) is 10.9 Å². The molecule has 0 aliphatic carbocycles. The largest absolute Gasteiger partial charge is 0.329 e. The first-order valence-corrected chi connectivity index (χ1v) is 6.26. The molecule has 0 aliphatic heterocycles. The van der Waals surface area contributed by atoms with Crippen molar-refractivity contribution in [2.45, 2.75) is 10.9 Å². The Balaban J connectivity index is 2.06. The number of carbonyl (C=O) groups is 1. The average molecular weight is 263 g/mol. The summed E-state index contributed by atoms with van der Waals surface area (Å²) in [5, 5.41) is 0.908. The van der Waals surface area contributed by atoms with E-state index in [2.05, 4.69) is 15.4 Å². The standard InChI is InChI=1S/C11H13N5OS/c1-16-6-5-13-11(16)18-7-8-3-2-4-9(14-8)10(17)15-12/h2-6H,7,12H2,1H3,(H,15,17). The zero-order chi connectivity index (χ0) is 13.0. The van der Waals surface area contributed by atoms with Gasteiger partial charge in [-0.3, -0.25) is 10.2 Å². The summed E-state index contributed by atoms with van der Waals surface area (Å²) in [5.41, 5.74) is 3.19. The highest BCUT2D eigenvalue weighted by Crippen LogP contribution is 2.19. The number of pyridine rings is 1. The topological polar surface area (TPSA) is 85.8 Å². The van der Waals surface area contributed by atoms with E-state index in [1.54, 1.807) is 30.1 Å². The number of hydrazine groups is 1. The second kappa shape index (κ2) is 5.65. The van der Waals surface area contributed by atoms with E-state index < -0.39 is 0 Å². The van der Waals surface area contributed by atoms with Gasteiger partial charge in [-0.2, -0.15) is 0 Å². The summed E-state index contributed by atoms with van der Waals surface area (Å²) < 4.78 is 1.93. The number of aryl methyl sites for hydroxylation is 1. The lowest BCUT2D eigenvalue weighted by Crippen LogP contribution is -2.30. The normalized spacial score (nSPS) is 10.3. The second-order valence-corrected chi connectivity index (χ2v) is 4.54. The minimum absolute atomic E-state index is 0.315. The van der Waals surface area contributed by atoms with Crippen molar-refractivity contribution in [1.82, 2.24) is 20.0 Å². The fourth-order valence-corrected chi connectivity index (χ4v) is 2.23. The zero-order valence-electron chi connectivity index (χ0n) is 9.83. The van der Waals surface area contributed by atoms with Crippen LogP contribution in [0.25, 0.3) is 0 Å². The van der Waals surface area contributed by atoms with Crippen LogP contribution in [0.5, 0.6) is 0 Å². The summed E-state index contributed by atoms with van der Waals surface area (Å²) in [5.74, 6) is 5.33. The first kappa shape index (κ1) is 12.6. The Morgan fingerprint density at radius 3 is 3.06 bits per heavy atom. The highest BCUT2D eigenvalue weighted by molar-refractivity contribution is 7.98. The molecule has 0 aromatic carbocycles. The highest BCUT2D eigenvalue weighted by atomic mass is 32.2. The quantitative estimate of drug-likeness (QED) is 0.367. The molecular formula is C11H13N5OS. The summed E-state index contributed by atoms with van der Waals surface area (Å²) in [6.07, 6.45) is 3.63. The Morgan fingerprint density at radius 2 is 2.39 bits per heavy atom. The molecule has 0 aliphatic rings. The van der Waals surface area contributed by atoms with Crippen LogP contribution in [0.4, 0.5) is 0 Å². The van der Waals surface area contributed by atoms with Gasteiger partial charge in [0.05, 0.1) is 5.69 Å². The van der Waals surface area contributed by atoms with Gasteiger partial charge in [-0.15, -0.1) is 0 Å². The number of nitrogen functional groups attached to an aromatic ring is 1. The maximum Gasteiger partial charge on any atom is 0.283 e. The fourth-order valence-electron chi connectivity index (χ4n) is 1.39. The lowest BCUT2D eigenvalue weighted by Gasteiger charge is -2.03. The molecule has 18 heavy (non-hydrogen) atoms. The van der Waals surface area contributed by atoms with Crippen LogP contribution in [0.2, 0.25) is 0 Å². The van der Waals surface area contributed by atoms with Crippen molar-refractivity contribution >= 4 is 17.7 Å². The summed E-state index contributed by atoms with van der Waals surface area (Å²) in [4.78, 5) is 19.8. The van der Waals surface area contributed by atoms with Crippen LogP contribution in [0.3, 0.4) is 0 Å². The predicted octanol–water partition coefficient (Wildman–Crippen LogP) is 0.711. The third-order valence-corrected chi connectivity index (χ3v) is 3.39. The number of hydrogen-bond donors (Lipinski definition) is 2. The molecule has 0 saturated heterocycles. The lowest BCUT2D eigenvalue weighted by atomic mass is 10.3. The number of nitrogens with zero attached hydrogens (tertiary/aromatic N) is 3. The van der Waals surface area contributed by atoms with E-state index in [9.17, 15) is 4.79 Å². The SMILES string of the molecule is Cn1ccnc1SCc1cccc(C(=O)NN)n1. The van der Waals surface area contributed by atoms with Crippen LogP contribution in [0, 0.1) is 0 Å². The van der Waals surface area contributed by atoms with Crippen LogP contribution in [-0.4, -0.2) is 20.4 Å². The van der Waals surface area contributed by atoms with E-state index in [1.807, 2.05) is 23.9 Å². The van der Waals surface area contributed by atoms with Gasteiger partial charge < -0.3 is 4.57 Å². The number of imidazole rings is 1. The van der Waals surface area contributed by atoms with Gasteiger partial charge in [0.2, 0.25) is 0 Å². The van der Waals surface area contributed by atoms with Crippen LogP contribution >= 0.6 is 11.8 Å². The van der Waals surface area contributed by atoms with E-state index in [-0.39, 0.29) is 5.91 Å². The fraction of sp³-hybridized carbons (Fsp3) is 0.182. The maximum absolute atomic E-state index is 11.3. The van der Waals surface area contributed by atoms with E-state index in [4.69, 9.17) is 5.84 Å². The monoisotopic (exact) mass is 263 g/mol. The molecule has 3 N–H and O–H groups in total. The van der Waals surface area contributed by atoms with Crippen molar-refractivity contribution in [3.8, 4) is 0 Å². The summed E-state index contributed by atoms with van der Waals surface area (Å²) in [6, 6.07) is 5.27. The number of carbonyl (C=O) groups excluding carboxylic acids is 1. The number of hydrogen-bond acceptors (Lipinski definition) is 5. The molecule has 2 aromatic heterocycles. The molecule has 2 aromatic rings. The molecule has 2 heterocycles. The van der Waals surface area contributed by atoms with Crippen molar-refractivity contribution in [2.75, 3.05) is 0 Å². The molecule has 7 heteroatoms. The third kappa shape index (κ3) is 2.88. The minimum Gasteiger partial charge on any atom is -0.329 e. The van der Waals surface area contributed by atoms with Gasteiger partial charge in [0, 0.05) is 25.2 Å². The molecule has 2 rings (SSSR count). The smallest absolute Gasteiger partial charge is 0.283 e. The molecule has 0 bridgehead atoms. The second-order valence-electron chi connectivity index (χ2n) is 3.60. The number of thioether (sulfide) groups is 1. The highest BCUT2D eigenvalue weighted by Gasteiger charge is 2.07. The third-order valence-electron chi connectivity index (χ3n) is 2.30. The Kier molecular flexibility index (Phi) is 3.96. The van der Waals surface area contributed by atoms with Gasteiger partial charge in [-0.1, -0.05) is 17.8 Å². The molecule has 6 nitrogen and oxygen atoms in total. The zero-order valence-corrected chi connectivity index (χ0v) is 10.6. The minimum atomic E-state index is -0.390. The van der Waals surface area contributed by atoms with Crippen molar-refractivity contribution in [3.05, 3.63) is 42.0 Å². The van der Waals surface area contributed by atoms with E-state index in [1.165, 1.54) is 0 Å². The summed E-state index contributed by atoms with van der Waals surface area (Å²) >= 11 is 1.56. The van der Waals surface area contributed by atoms with Crippen LogP contribution < -0.4 is 11.3 Å². The molecule has 0 atom stereocenters. The molecule has 0 fully saturated rings. The molecule has 94 valence electrons. The average Bonchev–Trinajstić information content (AvgIpc) is 2.81. The van der Waals surface area contributed by atoms with Crippen LogP contribution in [0.1, 0.15) is 16.2 Å². The Labute approximate surface area is 109 Å². The first-order chi connectivity index (χ1) is 8.70. The van der Waals surface area contributed by atoms with Crippen LogP contribution in [0.15, 0.2) is 35.7 Å². The van der Waals surface area contributed by atoms with Crippen molar-refractivity contribution in [3.63, 3.8) is 0 Å².